The fourth-order valence-corrected chi connectivity index (χ4v) is 1.36. The molecule has 1 rings (SSSR count). The summed E-state index contributed by atoms with van der Waals surface area (Å²) in [5, 5.41) is 3.03. The summed E-state index contributed by atoms with van der Waals surface area (Å²) >= 11 is 3.24. The summed E-state index contributed by atoms with van der Waals surface area (Å²) in [5.74, 6) is 0.120. The van der Waals surface area contributed by atoms with Crippen LogP contribution >= 0.6 is 15.9 Å². The Labute approximate surface area is 96.6 Å². The molecule has 0 aromatic carbocycles. The van der Waals surface area contributed by atoms with Crippen LogP contribution in [0.15, 0.2) is 16.9 Å². The van der Waals surface area contributed by atoms with E-state index in [9.17, 15) is 4.79 Å². The molecule has 82 valence electrons. The zero-order chi connectivity index (χ0) is 11.5. The molecule has 0 radical (unpaired) electrons. The lowest BCUT2D eigenvalue weighted by atomic mass is 10.0. The average Bonchev–Trinajstić information content (AvgIpc) is 2.06. The lowest BCUT2D eigenvalue weighted by molar-refractivity contribution is -0.118. The summed E-state index contributed by atoms with van der Waals surface area (Å²) in [6.07, 6.45) is 3.50. The Morgan fingerprint density at radius 2 is 2.07 bits per heavy atom. The van der Waals surface area contributed by atoms with Crippen molar-refractivity contribution in [3.8, 4) is 0 Å². The monoisotopic (exact) mass is 272 g/mol. The predicted molar refractivity (Wildman–Crippen MR) is 61.2 cm³/mol. The Bertz CT molecular complexity index is 350. The number of anilines is 1. The van der Waals surface area contributed by atoms with Crippen LogP contribution in [0.25, 0.3) is 0 Å². The van der Waals surface area contributed by atoms with Crippen LogP contribution in [0, 0.1) is 0 Å². The van der Waals surface area contributed by atoms with E-state index in [2.05, 4.69) is 31.2 Å². The van der Waals surface area contributed by atoms with Gasteiger partial charge in [-0.05, 0) is 29.8 Å². The van der Waals surface area contributed by atoms with Crippen molar-refractivity contribution in [2.45, 2.75) is 25.8 Å². The summed E-state index contributed by atoms with van der Waals surface area (Å²) < 4.78 is 0.806. The van der Waals surface area contributed by atoms with E-state index in [1.807, 2.05) is 13.8 Å². The van der Waals surface area contributed by atoms with E-state index in [-0.39, 0.29) is 12.3 Å². The quantitative estimate of drug-likeness (QED) is 0.866. The van der Waals surface area contributed by atoms with Gasteiger partial charge in [-0.3, -0.25) is 4.79 Å². The van der Waals surface area contributed by atoms with Crippen LogP contribution in [0.1, 0.15) is 20.3 Å². The standard InChI is InChI=1S/C9H13BrN4O/c1-9(2,3-7(11)15)14-8-12-4-6(10)5-13-8/h4-5H,3H2,1-2H3,(H2,11,15)(H,12,13,14). The molecule has 1 heterocycles. The van der Waals surface area contributed by atoms with Gasteiger partial charge in [0.25, 0.3) is 0 Å². The smallest absolute Gasteiger partial charge is 0.223 e. The van der Waals surface area contributed by atoms with Crippen molar-refractivity contribution >= 4 is 27.8 Å². The topological polar surface area (TPSA) is 80.9 Å². The van der Waals surface area contributed by atoms with Crippen molar-refractivity contribution in [1.82, 2.24) is 9.97 Å². The number of carbonyl (C=O) groups excluding carboxylic acids is 1. The number of hydrogen-bond acceptors (Lipinski definition) is 4. The van der Waals surface area contributed by atoms with E-state index in [1.165, 1.54) is 0 Å². The molecule has 0 saturated heterocycles. The molecule has 1 amide bonds. The molecule has 0 unspecified atom stereocenters. The van der Waals surface area contributed by atoms with Crippen LogP contribution in [0.3, 0.4) is 0 Å². The number of amides is 1. The maximum absolute atomic E-state index is 10.8. The molecule has 1 aromatic rings. The number of nitrogens with zero attached hydrogens (tertiary/aromatic N) is 2. The molecule has 0 atom stereocenters. The minimum absolute atomic E-state index is 0.229. The number of carbonyl (C=O) groups is 1. The molecule has 0 aliphatic rings. The number of halogens is 1. The fourth-order valence-electron chi connectivity index (χ4n) is 1.16. The third-order valence-corrected chi connectivity index (χ3v) is 2.10. The molecule has 5 nitrogen and oxygen atoms in total. The molecule has 0 fully saturated rings. The van der Waals surface area contributed by atoms with Gasteiger partial charge in [-0.15, -0.1) is 0 Å². The van der Waals surface area contributed by atoms with Crippen LogP contribution in [-0.2, 0) is 4.79 Å². The molecule has 0 saturated carbocycles. The molecule has 6 heteroatoms. The lowest BCUT2D eigenvalue weighted by Crippen LogP contribution is -2.36. The van der Waals surface area contributed by atoms with Gasteiger partial charge in [0, 0.05) is 24.4 Å². The summed E-state index contributed by atoms with van der Waals surface area (Å²) in [5.41, 5.74) is 4.68. The second kappa shape index (κ2) is 4.57. The van der Waals surface area contributed by atoms with Crippen LogP contribution in [0.4, 0.5) is 5.95 Å². The predicted octanol–water partition coefficient (Wildman–Crippen LogP) is 1.30. The third-order valence-electron chi connectivity index (χ3n) is 1.69. The van der Waals surface area contributed by atoms with Crippen LogP contribution < -0.4 is 11.1 Å². The zero-order valence-corrected chi connectivity index (χ0v) is 10.2. The maximum atomic E-state index is 10.8. The highest BCUT2D eigenvalue weighted by Crippen LogP contribution is 2.15. The normalized spacial score (nSPS) is 11.1. The highest BCUT2D eigenvalue weighted by Gasteiger charge is 2.21. The molecule has 0 spiro atoms. The number of nitrogens with one attached hydrogen (secondary N) is 1. The van der Waals surface area contributed by atoms with Crippen LogP contribution in [0.2, 0.25) is 0 Å². The SMILES string of the molecule is CC(C)(CC(N)=O)Nc1ncc(Br)cn1. The van der Waals surface area contributed by atoms with Gasteiger partial charge in [0.1, 0.15) is 0 Å². The summed E-state index contributed by atoms with van der Waals surface area (Å²) in [7, 11) is 0. The Balaban J connectivity index is 2.68. The van der Waals surface area contributed by atoms with Crippen molar-refractivity contribution in [3.05, 3.63) is 16.9 Å². The van der Waals surface area contributed by atoms with Gasteiger partial charge < -0.3 is 11.1 Å². The second-order valence-corrected chi connectivity index (χ2v) is 4.79. The van der Waals surface area contributed by atoms with Crippen molar-refractivity contribution in [2.24, 2.45) is 5.73 Å². The van der Waals surface area contributed by atoms with Crippen molar-refractivity contribution < 1.29 is 4.79 Å². The van der Waals surface area contributed by atoms with Crippen LogP contribution in [0.5, 0.6) is 0 Å². The molecule has 0 bridgehead atoms. The Morgan fingerprint density at radius 3 is 2.53 bits per heavy atom. The van der Waals surface area contributed by atoms with E-state index in [1.54, 1.807) is 12.4 Å². The number of hydrogen-bond donors (Lipinski definition) is 2. The molecule has 0 aliphatic heterocycles. The zero-order valence-electron chi connectivity index (χ0n) is 8.62. The van der Waals surface area contributed by atoms with E-state index in [0.29, 0.717) is 5.95 Å². The summed E-state index contributed by atoms with van der Waals surface area (Å²) in [6, 6.07) is 0. The van der Waals surface area contributed by atoms with Gasteiger partial charge >= 0.3 is 0 Å². The molecular weight excluding hydrogens is 260 g/mol. The molecule has 15 heavy (non-hydrogen) atoms. The minimum atomic E-state index is -0.445. The van der Waals surface area contributed by atoms with Gasteiger partial charge in [-0.1, -0.05) is 0 Å². The van der Waals surface area contributed by atoms with Crippen LogP contribution in [-0.4, -0.2) is 21.4 Å². The largest absolute Gasteiger partial charge is 0.370 e. The van der Waals surface area contributed by atoms with Gasteiger partial charge in [0.05, 0.1) is 4.47 Å². The first kappa shape index (κ1) is 11.9. The Morgan fingerprint density at radius 1 is 1.53 bits per heavy atom. The van der Waals surface area contributed by atoms with Gasteiger partial charge in [0.2, 0.25) is 11.9 Å². The first-order chi connectivity index (χ1) is 6.89. The highest BCUT2D eigenvalue weighted by atomic mass is 79.9. The second-order valence-electron chi connectivity index (χ2n) is 3.88. The minimum Gasteiger partial charge on any atom is -0.370 e. The number of aromatic nitrogens is 2. The van der Waals surface area contributed by atoms with Crippen molar-refractivity contribution in [1.29, 1.82) is 0 Å². The van der Waals surface area contributed by atoms with E-state index in [0.717, 1.165) is 4.47 Å². The number of nitrogens with two attached hydrogens (primary N) is 1. The van der Waals surface area contributed by atoms with E-state index < -0.39 is 5.54 Å². The van der Waals surface area contributed by atoms with Gasteiger partial charge in [-0.25, -0.2) is 9.97 Å². The average molecular weight is 273 g/mol. The number of primary amides is 1. The van der Waals surface area contributed by atoms with Crippen molar-refractivity contribution in [3.63, 3.8) is 0 Å². The van der Waals surface area contributed by atoms with E-state index >= 15 is 0 Å². The molecular formula is C9H13BrN4O. The van der Waals surface area contributed by atoms with Gasteiger partial charge in [-0.2, -0.15) is 0 Å². The summed E-state index contributed by atoms with van der Waals surface area (Å²) in [6.45, 7) is 3.73. The first-order valence-corrected chi connectivity index (χ1v) is 5.22. The number of rotatable bonds is 4. The molecule has 3 N–H and O–H groups in total. The highest BCUT2D eigenvalue weighted by molar-refractivity contribution is 9.10. The van der Waals surface area contributed by atoms with Crippen molar-refractivity contribution in [2.75, 3.05) is 5.32 Å². The summed E-state index contributed by atoms with van der Waals surface area (Å²) in [4.78, 5) is 18.9. The molecule has 0 aliphatic carbocycles. The van der Waals surface area contributed by atoms with Gasteiger partial charge in [0.15, 0.2) is 0 Å². The first-order valence-electron chi connectivity index (χ1n) is 4.43. The fraction of sp³-hybridized carbons (Fsp3) is 0.444. The maximum Gasteiger partial charge on any atom is 0.223 e. The lowest BCUT2D eigenvalue weighted by Gasteiger charge is -2.24. The molecule has 1 aromatic heterocycles. The Kier molecular flexibility index (Phi) is 3.62. The third kappa shape index (κ3) is 4.24. The van der Waals surface area contributed by atoms with E-state index in [4.69, 9.17) is 5.73 Å². The Hall–Kier alpha value is -1.17.